The molecule has 0 radical (unpaired) electrons. The van der Waals surface area contributed by atoms with Crippen molar-refractivity contribution in [3.05, 3.63) is 35.0 Å². The van der Waals surface area contributed by atoms with Crippen molar-refractivity contribution in [2.75, 3.05) is 0 Å². The van der Waals surface area contributed by atoms with Gasteiger partial charge in [-0.05, 0) is 22.9 Å². The quantitative estimate of drug-likeness (QED) is 0.486. The molecule has 0 aliphatic rings. The summed E-state index contributed by atoms with van der Waals surface area (Å²) in [6, 6.07) is 8.28. The van der Waals surface area contributed by atoms with E-state index < -0.39 is 0 Å². The highest BCUT2D eigenvalue weighted by molar-refractivity contribution is 7.14. The van der Waals surface area contributed by atoms with Crippen LogP contribution in [0.25, 0.3) is 42.9 Å². The smallest absolute Gasteiger partial charge is 0.124 e. The SMILES string of the molecule is Cn1nc2c(-c3cccs3)c3nnn(C)c3c(-c3cccs3)c2n1. The molecule has 0 aliphatic heterocycles. The molecule has 0 saturated carbocycles. The summed E-state index contributed by atoms with van der Waals surface area (Å²) in [5.74, 6) is 0. The van der Waals surface area contributed by atoms with Gasteiger partial charge in [0, 0.05) is 29.4 Å². The Morgan fingerprint density at radius 2 is 1.46 bits per heavy atom. The van der Waals surface area contributed by atoms with Crippen LogP contribution in [0.15, 0.2) is 35.0 Å². The second-order valence-electron chi connectivity index (χ2n) is 5.50. The van der Waals surface area contributed by atoms with Crippen LogP contribution in [0.2, 0.25) is 0 Å². The van der Waals surface area contributed by atoms with Gasteiger partial charge in [-0.3, -0.25) is 0 Å². The van der Waals surface area contributed by atoms with E-state index >= 15 is 0 Å². The van der Waals surface area contributed by atoms with E-state index in [2.05, 4.69) is 43.4 Å². The highest BCUT2D eigenvalue weighted by Gasteiger charge is 2.24. The Morgan fingerprint density at radius 1 is 0.833 bits per heavy atom. The molecule has 0 bridgehead atoms. The fraction of sp³-hybridized carbons (Fsp3) is 0.125. The molecule has 0 N–H and O–H groups in total. The number of aryl methyl sites for hydroxylation is 2. The molecule has 5 aromatic rings. The van der Waals surface area contributed by atoms with Gasteiger partial charge < -0.3 is 0 Å². The molecule has 0 fully saturated rings. The average Bonchev–Trinajstić information content (AvgIpc) is 3.32. The summed E-state index contributed by atoms with van der Waals surface area (Å²) in [5.41, 5.74) is 5.69. The minimum Gasteiger partial charge on any atom is -0.247 e. The van der Waals surface area contributed by atoms with E-state index in [4.69, 9.17) is 0 Å². The molecule has 118 valence electrons. The molecule has 0 saturated heterocycles. The predicted molar refractivity (Wildman–Crippen MR) is 97.2 cm³/mol. The number of rotatable bonds is 2. The lowest BCUT2D eigenvalue weighted by atomic mass is 10.0. The van der Waals surface area contributed by atoms with Crippen LogP contribution in [0.4, 0.5) is 0 Å². The van der Waals surface area contributed by atoms with Crippen molar-refractivity contribution < 1.29 is 0 Å². The molecule has 1 aromatic carbocycles. The number of thiophene rings is 2. The molecule has 0 unspecified atom stereocenters. The van der Waals surface area contributed by atoms with E-state index in [1.54, 1.807) is 27.5 Å². The molecule has 4 aromatic heterocycles. The Morgan fingerprint density at radius 3 is 2.08 bits per heavy atom. The molecule has 6 nitrogen and oxygen atoms in total. The molecule has 8 heteroatoms. The van der Waals surface area contributed by atoms with E-state index in [9.17, 15) is 0 Å². The van der Waals surface area contributed by atoms with Crippen LogP contribution in [0.1, 0.15) is 0 Å². The first-order valence-corrected chi connectivity index (χ1v) is 9.14. The molecule has 0 amide bonds. The van der Waals surface area contributed by atoms with Crippen molar-refractivity contribution in [3.8, 4) is 20.9 Å². The van der Waals surface area contributed by atoms with Gasteiger partial charge >= 0.3 is 0 Å². The number of fused-ring (bicyclic) bond motifs is 2. The Balaban J connectivity index is 2.06. The van der Waals surface area contributed by atoms with Crippen molar-refractivity contribution in [3.63, 3.8) is 0 Å². The highest BCUT2D eigenvalue weighted by atomic mass is 32.1. The van der Waals surface area contributed by atoms with Crippen molar-refractivity contribution in [2.45, 2.75) is 0 Å². The molecular formula is C16H12N6S2. The Kier molecular flexibility index (Phi) is 2.85. The summed E-state index contributed by atoms with van der Waals surface area (Å²) in [6.45, 7) is 0. The molecule has 0 spiro atoms. The standard InChI is InChI=1S/C16H12N6S2/c1-21-16-12(10-6-4-8-24-10)14-13(18-22(2)19-14)11(15(16)17-20-21)9-5-3-7-23-9/h3-8H,1-2H3. The largest absolute Gasteiger partial charge is 0.247 e. The van der Waals surface area contributed by atoms with Crippen LogP contribution in [-0.4, -0.2) is 30.0 Å². The molecule has 0 atom stereocenters. The Bertz CT molecular complexity index is 1160. The van der Waals surface area contributed by atoms with Gasteiger partial charge in [-0.1, -0.05) is 17.3 Å². The third kappa shape index (κ3) is 1.80. The van der Waals surface area contributed by atoms with Crippen molar-refractivity contribution in [1.82, 2.24) is 30.0 Å². The fourth-order valence-corrected chi connectivity index (χ4v) is 4.63. The van der Waals surface area contributed by atoms with E-state index in [1.807, 2.05) is 30.9 Å². The predicted octanol–water partition coefficient (Wildman–Crippen LogP) is 3.71. The first-order chi connectivity index (χ1) is 11.7. The summed E-state index contributed by atoms with van der Waals surface area (Å²) in [4.78, 5) is 3.91. The molecular weight excluding hydrogens is 340 g/mol. The average molecular weight is 352 g/mol. The minimum atomic E-state index is 0.872. The molecule has 24 heavy (non-hydrogen) atoms. The number of hydrogen-bond acceptors (Lipinski definition) is 6. The van der Waals surface area contributed by atoms with Gasteiger partial charge in [0.25, 0.3) is 0 Å². The summed E-state index contributed by atoms with van der Waals surface area (Å²) in [7, 11) is 3.78. The second kappa shape index (κ2) is 4.96. The molecule has 0 aliphatic carbocycles. The van der Waals surface area contributed by atoms with Crippen LogP contribution in [0.3, 0.4) is 0 Å². The van der Waals surface area contributed by atoms with E-state index in [0.717, 1.165) is 42.9 Å². The lowest BCUT2D eigenvalue weighted by Gasteiger charge is -2.07. The monoisotopic (exact) mass is 352 g/mol. The Hall–Kier alpha value is -2.58. The van der Waals surface area contributed by atoms with Crippen LogP contribution < -0.4 is 0 Å². The summed E-state index contributed by atoms with van der Waals surface area (Å²) < 4.78 is 1.83. The minimum absolute atomic E-state index is 0.872. The third-order valence-corrected chi connectivity index (χ3v) is 5.80. The third-order valence-electron chi connectivity index (χ3n) is 4.02. The van der Waals surface area contributed by atoms with E-state index in [0.29, 0.717) is 0 Å². The zero-order chi connectivity index (χ0) is 16.3. The van der Waals surface area contributed by atoms with Crippen molar-refractivity contribution >= 4 is 44.7 Å². The zero-order valence-corrected chi connectivity index (χ0v) is 14.6. The van der Waals surface area contributed by atoms with Gasteiger partial charge in [-0.15, -0.1) is 27.8 Å². The fourth-order valence-electron chi connectivity index (χ4n) is 3.08. The van der Waals surface area contributed by atoms with Gasteiger partial charge in [-0.2, -0.15) is 15.0 Å². The summed E-state index contributed by atoms with van der Waals surface area (Å²) in [6.07, 6.45) is 0. The van der Waals surface area contributed by atoms with E-state index in [-0.39, 0.29) is 0 Å². The van der Waals surface area contributed by atoms with Gasteiger partial charge in [0.15, 0.2) is 0 Å². The maximum Gasteiger partial charge on any atom is 0.124 e. The molecule has 4 heterocycles. The zero-order valence-electron chi connectivity index (χ0n) is 13.0. The maximum absolute atomic E-state index is 4.66. The number of benzene rings is 1. The summed E-state index contributed by atoms with van der Waals surface area (Å²) >= 11 is 3.36. The van der Waals surface area contributed by atoms with Crippen LogP contribution >= 0.6 is 22.7 Å². The lowest BCUT2D eigenvalue weighted by Crippen LogP contribution is -1.93. The number of aromatic nitrogens is 6. The van der Waals surface area contributed by atoms with Crippen LogP contribution in [-0.2, 0) is 14.1 Å². The lowest BCUT2D eigenvalue weighted by molar-refractivity contribution is 0.665. The van der Waals surface area contributed by atoms with Gasteiger partial charge in [0.1, 0.15) is 22.1 Å². The first-order valence-electron chi connectivity index (χ1n) is 7.38. The van der Waals surface area contributed by atoms with Gasteiger partial charge in [0.2, 0.25) is 0 Å². The van der Waals surface area contributed by atoms with Crippen molar-refractivity contribution in [1.29, 1.82) is 0 Å². The van der Waals surface area contributed by atoms with Crippen molar-refractivity contribution in [2.24, 2.45) is 14.1 Å². The topological polar surface area (TPSA) is 61.4 Å². The first kappa shape index (κ1) is 13.8. The normalized spacial score (nSPS) is 11.8. The number of nitrogens with zero attached hydrogens (tertiary/aromatic N) is 6. The maximum atomic E-state index is 4.66. The second-order valence-corrected chi connectivity index (χ2v) is 7.40. The van der Waals surface area contributed by atoms with Crippen LogP contribution in [0.5, 0.6) is 0 Å². The highest BCUT2D eigenvalue weighted by Crippen LogP contribution is 2.43. The number of hydrogen-bond donors (Lipinski definition) is 0. The van der Waals surface area contributed by atoms with Crippen LogP contribution in [0, 0.1) is 0 Å². The summed E-state index contributed by atoms with van der Waals surface area (Å²) in [5, 5.41) is 22.2. The van der Waals surface area contributed by atoms with Gasteiger partial charge in [-0.25, -0.2) is 4.68 Å². The molecule has 5 rings (SSSR count). The Labute approximate surface area is 145 Å². The van der Waals surface area contributed by atoms with E-state index in [1.165, 1.54) is 0 Å². The van der Waals surface area contributed by atoms with Gasteiger partial charge in [0.05, 0.1) is 5.56 Å².